The van der Waals surface area contributed by atoms with Crippen molar-refractivity contribution in [1.29, 1.82) is 5.26 Å². The molecule has 2 heterocycles. The zero-order chi connectivity index (χ0) is 36.8. The molecule has 0 bridgehead atoms. The number of hydrazine groups is 1. The van der Waals surface area contributed by atoms with Crippen LogP contribution >= 0.6 is 11.3 Å². The van der Waals surface area contributed by atoms with Crippen molar-refractivity contribution >= 4 is 46.2 Å². The molecule has 268 valence electrons. The topological polar surface area (TPSA) is 115 Å². The van der Waals surface area contributed by atoms with E-state index in [4.69, 9.17) is 4.98 Å². The first kappa shape index (κ1) is 38.9. The molecule has 1 aliphatic heterocycles. The molecule has 3 aromatic rings. The van der Waals surface area contributed by atoms with Crippen LogP contribution in [0.2, 0.25) is 0 Å². The molecular formula is C41H49N5O4S. The molecule has 0 radical (unpaired) electrons. The Kier molecular flexibility index (Phi) is 14.9. The lowest BCUT2D eigenvalue weighted by atomic mass is 9.95. The molecular weight excluding hydrogens is 659 g/mol. The molecule has 1 aliphatic rings. The van der Waals surface area contributed by atoms with Crippen molar-refractivity contribution in [2.75, 3.05) is 18.0 Å². The lowest BCUT2D eigenvalue weighted by Crippen LogP contribution is -2.57. The van der Waals surface area contributed by atoms with E-state index in [0.29, 0.717) is 20.6 Å². The number of rotatable bonds is 18. The van der Waals surface area contributed by atoms with Crippen molar-refractivity contribution in [3.63, 3.8) is 0 Å². The van der Waals surface area contributed by atoms with Gasteiger partial charge in [0.15, 0.2) is 5.13 Å². The normalized spacial score (nSPS) is 13.9. The molecule has 51 heavy (non-hydrogen) atoms. The van der Waals surface area contributed by atoms with Gasteiger partial charge in [0.2, 0.25) is 5.91 Å². The molecule has 0 N–H and O–H groups in total. The van der Waals surface area contributed by atoms with Crippen LogP contribution in [0.5, 0.6) is 0 Å². The van der Waals surface area contributed by atoms with Gasteiger partial charge in [0.05, 0.1) is 10.6 Å². The maximum Gasteiger partial charge on any atom is 0.291 e. The second-order valence-electron chi connectivity index (χ2n) is 12.8. The fourth-order valence-electron chi connectivity index (χ4n) is 6.11. The van der Waals surface area contributed by atoms with Gasteiger partial charge in [-0.05, 0) is 43.5 Å². The van der Waals surface area contributed by atoms with Gasteiger partial charge in [-0.15, -0.1) is 0 Å². The van der Waals surface area contributed by atoms with Crippen LogP contribution in [0.15, 0.2) is 77.4 Å². The highest BCUT2D eigenvalue weighted by Gasteiger charge is 2.43. The van der Waals surface area contributed by atoms with Gasteiger partial charge in [0.1, 0.15) is 11.6 Å². The minimum Gasteiger partial charge on any atom is -0.348 e. The van der Waals surface area contributed by atoms with Crippen LogP contribution in [0.3, 0.4) is 0 Å². The van der Waals surface area contributed by atoms with Crippen LogP contribution in [0.1, 0.15) is 114 Å². The Labute approximate surface area is 306 Å². The first-order chi connectivity index (χ1) is 24.7. The fraction of sp³-hybridized carbons (Fsp3) is 0.415. The molecule has 4 amide bonds. The number of carbonyl (C=O) groups is 4. The van der Waals surface area contributed by atoms with E-state index in [1.165, 1.54) is 68.4 Å². The number of benzene rings is 2. The molecule has 0 saturated heterocycles. The highest BCUT2D eigenvalue weighted by Crippen LogP contribution is 2.38. The average Bonchev–Trinajstić information content (AvgIpc) is 3.56. The van der Waals surface area contributed by atoms with Crippen LogP contribution in [0.25, 0.3) is 17.3 Å². The van der Waals surface area contributed by atoms with E-state index < -0.39 is 23.6 Å². The molecule has 9 nitrogen and oxygen atoms in total. The van der Waals surface area contributed by atoms with Gasteiger partial charge < -0.3 is 4.90 Å². The molecule has 0 atom stereocenters. The summed E-state index contributed by atoms with van der Waals surface area (Å²) >= 11 is 1.46. The molecule has 2 aromatic carbocycles. The monoisotopic (exact) mass is 707 g/mol. The third kappa shape index (κ3) is 9.89. The van der Waals surface area contributed by atoms with Crippen LogP contribution < -0.4 is 4.90 Å². The summed E-state index contributed by atoms with van der Waals surface area (Å²) in [5, 5.41) is 12.0. The van der Waals surface area contributed by atoms with E-state index in [0.717, 1.165) is 56.4 Å². The molecule has 0 unspecified atom stereocenters. The predicted molar refractivity (Wildman–Crippen MR) is 203 cm³/mol. The highest BCUT2D eigenvalue weighted by molar-refractivity contribution is 7.17. The number of nitriles is 1. The number of carbonyl (C=O) groups excluding carboxylic acids is 4. The summed E-state index contributed by atoms with van der Waals surface area (Å²) < 4.78 is 0. The van der Waals surface area contributed by atoms with Gasteiger partial charge in [-0.25, -0.2) is 4.98 Å². The lowest BCUT2D eigenvalue weighted by molar-refractivity contribution is -0.163. The first-order valence-electron chi connectivity index (χ1n) is 18.2. The number of amides is 4. The highest BCUT2D eigenvalue weighted by atomic mass is 32.1. The number of aromatic nitrogens is 1. The predicted octanol–water partition coefficient (Wildman–Crippen LogP) is 9.14. The molecule has 0 saturated carbocycles. The zero-order valence-corrected chi connectivity index (χ0v) is 31.1. The number of hydrogen-bond donors (Lipinski definition) is 0. The quantitative estimate of drug-likeness (QED) is 0.0736. The Morgan fingerprint density at radius 2 is 1.37 bits per heavy atom. The molecule has 1 aromatic heterocycles. The van der Waals surface area contributed by atoms with E-state index >= 15 is 0 Å². The van der Waals surface area contributed by atoms with Gasteiger partial charge in [0, 0.05) is 36.7 Å². The Hall–Kier alpha value is -4.88. The minimum atomic E-state index is -1.03. The number of imide groups is 2. The SMILES string of the molecule is CCCCCCCCN(CCCCCCC)c1nc(-c2ccccc2)c(/C=C2\C(=O)N(N(C(C)=O)C(=O)c3ccccc3)C(=O)C(C#N)=C2C)s1. The number of thiazole rings is 1. The van der Waals surface area contributed by atoms with Crippen molar-refractivity contribution < 1.29 is 19.2 Å². The minimum absolute atomic E-state index is 0.0349. The van der Waals surface area contributed by atoms with Crippen LogP contribution in [-0.4, -0.2) is 51.7 Å². The van der Waals surface area contributed by atoms with Crippen molar-refractivity contribution in [3.8, 4) is 17.3 Å². The Bertz CT molecular complexity index is 1770. The van der Waals surface area contributed by atoms with Crippen molar-refractivity contribution in [2.24, 2.45) is 0 Å². The zero-order valence-electron chi connectivity index (χ0n) is 30.3. The van der Waals surface area contributed by atoms with Gasteiger partial charge in [-0.3, -0.25) is 19.2 Å². The summed E-state index contributed by atoms with van der Waals surface area (Å²) in [6, 6.07) is 19.6. The third-order valence-electron chi connectivity index (χ3n) is 8.98. The molecule has 4 rings (SSSR count). The number of anilines is 1. The van der Waals surface area contributed by atoms with Crippen LogP contribution in [0, 0.1) is 11.3 Å². The summed E-state index contributed by atoms with van der Waals surface area (Å²) in [6.45, 7) is 8.81. The maximum absolute atomic E-state index is 14.3. The van der Waals surface area contributed by atoms with Crippen LogP contribution in [0.4, 0.5) is 5.13 Å². The average molecular weight is 708 g/mol. The summed E-state index contributed by atoms with van der Waals surface area (Å²) in [4.78, 5) is 62.6. The first-order valence-corrected chi connectivity index (χ1v) is 19.0. The van der Waals surface area contributed by atoms with Crippen molar-refractivity contribution in [2.45, 2.75) is 98.3 Å². The van der Waals surface area contributed by atoms with E-state index in [9.17, 15) is 24.4 Å². The fourth-order valence-corrected chi connectivity index (χ4v) is 7.19. The molecule has 0 aliphatic carbocycles. The van der Waals surface area contributed by atoms with Gasteiger partial charge in [-0.1, -0.05) is 132 Å². The largest absolute Gasteiger partial charge is 0.348 e. The summed E-state index contributed by atoms with van der Waals surface area (Å²) in [7, 11) is 0. The number of nitrogens with zero attached hydrogens (tertiary/aromatic N) is 5. The van der Waals surface area contributed by atoms with Gasteiger partial charge in [0.25, 0.3) is 17.7 Å². The van der Waals surface area contributed by atoms with E-state index in [1.807, 2.05) is 36.4 Å². The Morgan fingerprint density at radius 1 is 0.824 bits per heavy atom. The Morgan fingerprint density at radius 3 is 1.92 bits per heavy atom. The summed E-state index contributed by atoms with van der Waals surface area (Å²) in [6.07, 6.45) is 14.5. The molecule has 0 fully saturated rings. The summed E-state index contributed by atoms with van der Waals surface area (Å²) in [5.74, 6) is -3.59. The number of unbranched alkanes of at least 4 members (excludes halogenated alkanes) is 9. The van der Waals surface area contributed by atoms with Gasteiger partial charge in [-0.2, -0.15) is 15.3 Å². The maximum atomic E-state index is 14.3. The van der Waals surface area contributed by atoms with E-state index in [-0.39, 0.29) is 22.3 Å². The lowest BCUT2D eigenvalue weighted by Gasteiger charge is -2.34. The standard InChI is InChI=1S/C41H49N5O4S/c1-5-7-9-11-13-21-27-44(26-20-12-10-8-6-2)41-43-37(32-22-16-14-17-23-32)36(51-41)28-34-30(3)35(29-42)40(50)46(39(34)49)45(31(4)47)38(48)33-24-18-15-19-25-33/h14-19,22-25,28H,5-13,20-21,26-27H2,1-4H3/b34-28-. The Balaban J connectivity index is 1.78. The smallest absolute Gasteiger partial charge is 0.291 e. The van der Waals surface area contributed by atoms with Crippen molar-refractivity contribution in [3.05, 3.63) is 87.8 Å². The van der Waals surface area contributed by atoms with E-state index in [1.54, 1.807) is 31.2 Å². The van der Waals surface area contributed by atoms with Crippen LogP contribution in [-0.2, 0) is 14.4 Å². The van der Waals surface area contributed by atoms with E-state index in [2.05, 4.69) is 18.7 Å². The van der Waals surface area contributed by atoms with Crippen molar-refractivity contribution in [1.82, 2.24) is 15.0 Å². The second kappa shape index (κ2) is 19.5. The number of hydrogen-bond acceptors (Lipinski definition) is 8. The second-order valence-corrected chi connectivity index (χ2v) is 13.8. The molecule has 10 heteroatoms. The molecule has 0 spiro atoms. The van der Waals surface area contributed by atoms with Gasteiger partial charge >= 0.3 is 0 Å². The summed E-state index contributed by atoms with van der Waals surface area (Å²) in [5.41, 5.74) is 1.53. The third-order valence-corrected chi connectivity index (χ3v) is 10.0.